The third kappa shape index (κ3) is 2.79. The minimum atomic E-state index is -3.55. The Morgan fingerprint density at radius 3 is 2.72 bits per heavy atom. The number of carboxylic acids is 1. The standard InChI is InChI=1S/C9H13N3O5S/c13-9(14)7-5-8(11-10-7)12-18(15,16)6-1-3-17-4-2-6/h5-6H,1-4H2,(H,13,14)(H2,10,11,12). The summed E-state index contributed by atoms with van der Waals surface area (Å²) in [6.07, 6.45) is 0.844. The Labute approximate surface area is 103 Å². The van der Waals surface area contributed by atoms with E-state index in [1.54, 1.807) is 0 Å². The van der Waals surface area contributed by atoms with Gasteiger partial charge in [0.25, 0.3) is 0 Å². The van der Waals surface area contributed by atoms with Crippen molar-refractivity contribution in [1.82, 2.24) is 10.2 Å². The second-order valence-corrected chi connectivity index (χ2v) is 5.89. The van der Waals surface area contributed by atoms with Crippen molar-refractivity contribution in [2.75, 3.05) is 17.9 Å². The highest BCUT2D eigenvalue weighted by Crippen LogP contribution is 2.18. The van der Waals surface area contributed by atoms with Crippen molar-refractivity contribution >= 4 is 21.8 Å². The molecule has 1 aliphatic heterocycles. The van der Waals surface area contributed by atoms with Crippen LogP contribution in [0.2, 0.25) is 0 Å². The molecule has 2 heterocycles. The third-order valence-electron chi connectivity index (χ3n) is 2.66. The first-order valence-corrected chi connectivity index (χ1v) is 6.92. The van der Waals surface area contributed by atoms with Gasteiger partial charge in [-0.05, 0) is 12.8 Å². The molecule has 1 aromatic heterocycles. The number of aromatic amines is 1. The van der Waals surface area contributed by atoms with E-state index in [0.717, 1.165) is 6.07 Å². The molecule has 0 unspecified atom stereocenters. The smallest absolute Gasteiger partial charge is 0.353 e. The van der Waals surface area contributed by atoms with Gasteiger partial charge in [-0.25, -0.2) is 13.2 Å². The Morgan fingerprint density at radius 2 is 2.17 bits per heavy atom. The third-order valence-corrected chi connectivity index (χ3v) is 4.50. The van der Waals surface area contributed by atoms with Crippen molar-refractivity contribution in [2.24, 2.45) is 0 Å². The van der Waals surface area contributed by atoms with Crippen molar-refractivity contribution in [1.29, 1.82) is 0 Å². The van der Waals surface area contributed by atoms with E-state index in [1.807, 2.05) is 0 Å². The highest BCUT2D eigenvalue weighted by Gasteiger charge is 2.28. The van der Waals surface area contributed by atoms with Crippen molar-refractivity contribution in [3.63, 3.8) is 0 Å². The molecule has 0 saturated carbocycles. The first kappa shape index (κ1) is 12.8. The normalized spacial score (nSPS) is 17.6. The SMILES string of the molecule is O=C(O)c1cc(NS(=O)(=O)C2CCOCC2)n[nH]1. The van der Waals surface area contributed by atoms with E-state index in [1.165, 1.54) is 0 Å². The quantitative estimate of drug-likeness (QED) is 0.712. The monoisotopic (exact) mass is 275 g/mol. The molecule has 0 spiro atoms. The molecular formula is C9H13N3O5S. The fraction of sp³-hybridized carbons (Fsp3) is 0.556. The number of hydrogen-bond donors (Lipinski definition) is 3. The summed E-state index contributed by atoms with van der Waals surface area (Å²) in [7, 11) is -3.55. The molecule has 18 heavy (non-hydrogen) atoms. The number of nitrogens with one attached hydrogen (secondary N) is 2. The predicted octanol–water partition coefficient (Wildman–Crippen LogP) is 0.0286. The first-order chi connectivity index (χ1) is 8.49. The summed E-state index contributed by atoms with van der Waals surface area (Å²) in [5.74, 6) is -1.21. The zero-order valence-corrected chi connectivity index (χ0v) is 10.2. The Bertz CT molecular complexity index is 532. The summed E-state index contributed by atoms with van der Waals surface area (Å²) in [5.41, 5.74) is -0.167. The number of hydrogen-bond acceptors (Lipinski definition) is 5. The van der Waals surface area contributed by atoms with Gasteiger partial charge < -0.3 is 9.84 Å². The molecule has 1 aromatic rings. The van der Waals surface area contributed by atoms with Crippen LogP contribution in [0.4, 0.5) is 5.82 Å². The molecule has 0 radical (unpaired) electrons. The summed E-state index contributed by atoms with van der Waals surface area (Å²) >= 11 is 0. The molecule has 3 N–H and O–H groups in total. The van der Waals surface area contributed by atoms with Gasteiger partial charge in [-0.3, -0.25) is 9.82 Å². The number of rotatable bonds is 4. The van der Waals surface area contributed by atoms with Gasteiger partial charge in [0.05, 0.1) is 5.25 Å². The van der Waals surface area contributed by atoms with Gasteiger partial charge in [0.15, 0.2) is 5.82 Å². The lowest BCUT2D eigenvalue weighted by atomic mass is 10.2. The van der Waals surface area contributed by atoms with E-state index in [-0.39, 0.29) is 11.5 Å². The fourth-order valence-corrected chi connectivity index (χ4v) is 3.07. The largest absolute Gasteiger partial charge is 0.477 e. The molecule has 100 valence electrons. The van der Waals surface area contributed by atoms with Crippen LogP contribution in [0.5, 0.6) is 0 Å². The zero-order chi connectivity index (χ0) is 13.2. The van der Waals surface area contributed by atoms with Crippen LogP contribution in [-0.4, -0.2) is 48.2 Å². The lowest BCUT2D eigenvalue weighted by Crippen LogP contribution is -2.33. The molecule has 2 rings (SSSR count). The average molecular weight is 275 g/mol. The zero-order valence-electron chi connectivity index (χ0n) is 9.42. The molecule has 0 amide bonds. The maximum absolute atomic E-state index is 12.0. The molecule has 0 atom stereocenters. The van der Waals surface area contributed by atoms with Crippen LogP contribution in [0.15, 0.2) is 6.07 Å². The van der Waals surface area contributed by atoms with E-state index in [2.05, 4.69) is 14.9 Å². The molecule has 9 heteroatoms. The Balaban J connectivity index is 2.08. The summed E-state index contributed by atoms with van der Waals surface area (Å²) in [6, 6.07) is 1.14. The first-order valence-electron chi connectivity index (χ1n) is 5.37. The Hall–Kier alpha value is -1.61. The molecular weight excluding hydrogens is 262 g/mol. The number of aromatic carboxylic acids is 1. The topological polar surface area (TPSA) is 121 Å². The van der Waals surface area contributed by atoms with E-state index in [4.69, 9.17) is 9.84 Å². The lowest BCUT2D eigenvalue weighted by molar-refractivity contribution is 0.0690. The Kier molecular flexibility index (Phi) is 3.53. The number of anilines is 1. The van der Waals surface area contributed by atoms with Crippen LogP contribution >= 0.6 is 0 Å². The van der Waals surface area contributed by atoms with Gasteiger partial charge in [-0.1, -0.05) is 0 Å². The van der Waals surface area contributed by atoms with Gasteiger partial charge in [0.1, 0.15) is 5.69 Å². The van der Waals surface area contributed by atoms with E-state index in [9.17, 15) is 13.2 Å². The van der Waals surface area contributed by atoms with Gasteiger partial charge in [0, 0.05) is 19.3 Å². The van der Waals surface area contributed by atoms with Crippen LogP contribution in [0.25, 0.3) is 0 Å². The second kappa shape index (κ2) is 4.94. The molecule has 8 nitrogen and oxygen atoms in total. The van der Waals surface area contributed by atoms with Gasteiger partial charge in [-0.15, -0.1) is 0 Å². The van der Waals surface area contributed by atoms with Crippen LogP contribution in [-0.2, 0) is 14.8 Å². The molecule has 1 fully saturated rings. The van der Waals surface area contributed by atoms with Crippen molar-refractivity contribution < 1.29 is 23.1 Å². The molecule has 1 aliphatic rings. The average Bonchev–Trinajstić information content (AvgIpc) is 2.78. The van der Waals surface area contributed by atoms with Crippen molar-refractivity contribution in [2.45, 2.75) is 18.1 Å². The number of ether oxygens (including phenoxy) is 1. The molecule has 0 aromatic carbocycles. The summed E-state index contributed by atoms with van der Waals surface area (Å²) in [5, 5.41) is 14.0. The molecule has 0 bridgehead atoms. The number of sulfonamides is 1. The van der Waals surface area contributed by atoms with Crippen LogP contribution in [0, 0.1) is 0 Å². The number of nitrogens with zero attached hydrogens (tertiary/aromatic N) is 1. The maximum Gasteiger partial charge on any atom is 0.353 e. The van der Waals surface area contributed by atoms with Crippen LogP contribution < -0.4 is 4.72 Å². The van der Waals surface area contributed by atoms with Gasteiger partial charge in [-0.2, -0.15) is 5.10 Å². The summed E-state index contributed by atoms with van der Waals surface area (Å²) in [4.78, 5) is 10.6. The van der Waals surface area contributed by atoms with Crippen molar-refractivity contribution in [3.8, 4) is 0 Å². The molecule has 1 saturated heterocycles. The number of carboxylic acid groups (broad SMARTS) is 1. The van der Waals surface area contributed by atoms with Crippen LogP contribution in [0.1, 0.15) is 23.3 Å². The fourth-order valence-electron chi connectivity index (χ4n) is 1.70. The van der Waals surface area contributed by atoms with E-state index in [0.29, 0.717) is 26.1 Å². The number of carbonyl (C=O) groups is 1. The molecule has 0 aliphatic carbocycles. The lowest BCUT2D eigenvalue weighted by Gasteiger charge is -2.21. The Morgan fingerprint density at radius 1 is 1.50 bits per heavy atom. The number of aromatic nitrogens is 2. The van der Waals surface area contributed by atoms with E-state index >= 15 is 0 Å². The van der Waals surface area contributed by atoms with E-state index < -0.39 is 21.2 Å². The number of H-pyrrole nitrogens is 1. The second-order valence-electron chi connectivity index (χ2n) is 3.93. The maximum atomic E-state index is 12.0. The predicted molar refractivity (Wildman–Crippen MR) is 61.9 cm³/mol. The van der Waals surface area contributed by atoms with Gasteiger partial charge in [0.2, 0.25) is 10.0 Å². The minimum Gasteiger partial charge on any atom is -0.477 e. The summed E-state index contributed by atoms with van der Waals surface area (Å²) < 4.78 is 31.3. The van der Waals surface area contributed by atoms with Crippen LogP contribution in [0.3, 0.4) is 0 Å². The highest BCUT2D eigenvalue weighted by molar-refractivity contribution is 7.93. The van der Waals surface area contributed by atoms with Gasteiger partial charge >= 0.3 is 5.97 Å². The summed E-state index contributed by atoms with van der Waals surface area (Å²) in [6.45, 7) is 0.818. The highest BCUT2D eigenvalue weighted by atomic mass is 32.2. The minimum absolute atomic E-state index is 0.0149. The van der Waals surface area contributed by atoms with Crippen molar-refractivity contribution in [3.05, 3.63) is 11.8 Å².